The SMILES string of the molecule is O=C1CCCN1CCCNCc1ccsc1. The van der Waals surface area contributed by atoms with Crippen LogP contribution in [0, 0.1) is 0 Å². The van der Waals surface area contributed by atoms with E-state index < -0.39 is 0 Å². The molecule has 0 bridgehead atoms. The average Bonchev–Trinajstić information content (AvgIpc) is 2.90. The van der Waals surface area contributed by atoms with E-state index in [0.29, 0.717) is 5.91 Å². The summed E-state index contributed by atoms with van der Waals surface area (Å²) in [7, 11) is 0. The van der Waals surface area contributed by atoms with Gasteiger partial charge in [0.15, 0.2) is 0 Å². The van der Waals surface area contributed by atoms with Crippen molar-refractivity contribution in [1.82, 2.24) is 10.2 Å². The van der Waals surface area contributed by atoms with Crippen LogP contribution in [0.2, 0.25) is 0 Å². The molecule has 1 aromatic heterocycles. The highest BCUT2D eigenvalue weighted by molar-refractivity contribution is 7.07. The van der Waals surface area contributed by atoms with Crippen molar-refractivity contribution in [2.45, 2.75) is 25.8 Å². The van der Waals surface area contributed by atoms with Crippen molar-refractivity contribution in [2.75, 3.05) is 19.6 Å². The monoisotopic (exact) mass is 238 g/mol. The Balaban J connectivity index is 1.53. The molecule has 16 heavy (non-hydrogen) atoms. The zero-order valence-electron chi connectivity index (χ0n) is 9.45. The summed E-state index contributed by atoms with van der Waals surface area (Å²) in [5, 5.41) is 7.66. The van der Waals surface area contributed by atoms with Gasteiger partial charge in [-0.05, 0) is 41.8 Å². The number of likely N-dealkylation sites (tertiary alicyclic amines) is 1. The van der Waals surface area contributed by atoms with Crippen molar-refractivity contribution in [3.8, 4) is 0 Å². The van der Waals surface area contributed by atoms with Gasteiger partial charge in [0.2, 0.25) is 5.91 Å². The van der Waals surface area contributed by atoms with Crippen LogP contribution >= 0.6 is 11.3 Å². The second-order valence-electron chi connectivity index (χ2n) is 4.15. The lowest BCUT2D eigenvalue weighted by Crippen LogP contribution is -2.28. The fourth-order valence-corrected chi connectivity index (χ4v) is 2.63. The van der Waals surface area contributed by atoms with Gasteiger partial charge >= 0.3 is 0 Å². The van der Waals surface area contributed by atoms with Gasteiger partial charge in [-0.2, -0.15) is 11.3 Å². The van der Waals surface area contributed by atoms with Crippen LogP contribution in [0.4, 0.5) is 0 Å². The minimum atomic E-state index is 0.331. The molecule has 0 spiro atoms. The summed E-state index contributed by atoms with van der Waals surface area (Å²) in [6.07, 6.45) is 2.85. The minimum absolute atomic E-state index is 0.331. The molecule has 1 amide bonds. The van der Waals surface area contributed by atoms with E-state index in [1.807, 2.05) is 4.90 Å². The van der Waals surface area contributed by atoms with Gasteiger partial charge in [0, 0.05) is 26.1 Å². The molecule has 0 saturated carbocycles. The van der Waals surface area contributed by atoms with Crippen LogP contribution in [0.3, 0.4) is 0 Å². The van der Waals surface area contributed by atoms with Crippen LogP contribution in [0.5, 0.6) is 0 Å². The Morgan fingerprint density at radius 3 is 3.12 bits per heavy atom. The molecule has 1 aliphatic rings. The maximum atomic E-state index is 11.3. The van der Waals surface area contributed by atoms with Gasteiger partial charge in [-0.25, -0.2) is 0 Å². The molecule has 0 radical (unpaired) electrons. The van der Waals surface area contributed by atoms with E-state index in [9.17, 15) is 4.79 Å². The summed E-state index contributed by atoms with van der Waals surface area (Å²) in [4.78, 5) is 13.3. The fourth-order valence-electron chi connectivity index (χ4n) is 1.96. The summed E-state index contributed by atoms with van der Waals surface area (Å²) in [5.74, 6) is 0.331. The molecule has 2 heterocycles. The number of carbonyl (C=O) groups excluding carboxylic acids is 1. The second-order valence-corrected chi connectivity index (χ2v) is 4.93. The first-order valence-corrected chi connectivity index (χ1v) is 6.80. The van der Waals surface area contributed by atoms with Crippen LogP contribution in [0.25, 0.3) is 0 Å². The third-order valence-electron chi connectivity index (χ3n) is 2.86. The summed E-state index contributed by atoms with van der Waals surface area (Å²) < 4.78 is 0. The Morgan fingerprint density at radius 2 is 2.44 bits per heavy atom. The molecule has 0 unspecified atom stereocenters. The molecule has 4 heteroatoms. The van der Waals surface area contributed by atoms with Crippen molar-refractivity contribution >= 4 is 17.2 Å². The Labute approximate surface area is 100 Å². The molecule has 1 N–H and O–H groups in total. The number of thiophene rings is 1. The first-order valence-electron chi connectivity index (χ1n) is 5.86. The van der Waals surface area contributed by atoms with Gasteiger partial charge in [-0.3, -0.25) is 4.79 Å². The van der Waals surface area contributed by atoms with Crippen LogP contribution in [-0.4, -0.2) is 30.4 Å². The zero-order chi connectivity index (χ0) is 11.2. The number of carbonyl (C=O) groups is 1. The minimum Gasteiger partial charge on any atom is -0.343 e. The lowest BCUT2D eigenvalue weighted by atomic mass is 10.3. The van der Waals surface area contributed by atoms with E-state index >= 15 is 0 Å². The molecule has 0 aliphatic carbocycles. The molecule has 0 atom stereocenters. The highest BCUT2D eigenvalue weighted by Gasteiger charge is 2.18. The topological polar surface area (TPSA) is 32.3 Å². The van der Waals surface area contributed by atoms with Gasteiger partial charge in [0.05, 0.1) is 0 Å². The molecule has 2 rings (SSSR count). The van der Waals surface area contributed by atoms with E-state index in [1.165, 1.54) is 5.56 Å². The van der Waals surface area contributed by atoms with Crippen LogP contribution in [0.15, 0.2) is 16.8 Å². The van der Waals surface area contributed by atoms with Gasteiger partial charge in [-0.15, -0.1) is 0 Å². The number of nitrogens with zero attached hydrogens (tertiary/aromatic N) is 1. The maximum absolute atomic E-state index is 11.3. The van der Waals surface area contributed by atoms with E-state index in [4.69, 9.17) is 0 Å². The Bertz CT molecular complexity index is 324. The standard InChI is InChI=1S/C12H18N2OS/c15-12-3-1-6-14(12)7-2-5-13-9-11-4-8-16-10-11/h4,8,10,13H,1-3,5-7,9H2. The molecule has 88 valence electrons. The lowest BCUT2D eigenvalue weighted by Gasteiger charge is -2.15. The average molecular weight is 238 g/mol. The van der Waals surface area contributed by atoms with Crippen molar-refractivity contribution in [2.24, 2.45) is 0 Å². The van der Waals surface area contributed by atoms with Crippen molar-refractivity contribution in [3.63, 3.8) is 0 Å². The van der Waals surface area contributed by atoms with Crippen molar-refractivity contribution in [1.29, 1.82) is 0 Å². The second kappa shape index (κ2) is 6.01. The predicted molar refractivity (Wildman–Crippen MR) is 66.5 cm³/mol. The van der Waals surface area contributed by atoms with Gasteiger partial charge in [-0.1, -0.05) is 0 Å². The summed E-state index contributed by atoms with van der Waals surface area (Å²) in [6.45, 7) is 3.80. The van der Waals surface area contributed by atoms with E-state index in [1.54, 1.807) is 11.3 Å². The number of nitrogens with one attached hydrogen (secondary N) is 1. The molecule has 1 saturated heterocycles. The Hall–Kier alpha value is -0.870. The highest BCUT2D eigenvalue weighted by atomic mass is 32.1. The normalized spacial score (nSPS) is 16.0. The zero-order valence-corrected chi connectivity index (χ0v) is 10.3. The molecule has 1 fully saturated rings. The van der Waals surface area contributed by atoms with Crippen LogP contribution in [-0.2, 0) is 11.3 Å². The molecular formula is C12H18N2OS. The first-order chi connectivity index (χ1) is 7.86. The van der Waals surface area contributed by atoms with Gasteiger partial charge in [0.25, 0.3) is 0 Å². The number of hydrogen-bond acceptors (Lipinski definition) is 3. The number of amides is 1. The van der Waals surface area contributed by atoms with Gasteiger partial charge in [0.1, 0.15) is 0 Å². The molecule has 0 aromatic carbocycles. The lowest BCUT2D eigenvalue weighted by molar-refractivity contribution is -0.127. The Kier molecular flexibility index (Phi) is 4.36. The summed E-state index contributed by atoms with van der Waals surface area (Å²) >= 11 is 1.73. The van der Waals surface area contributed by atoms with Crippen LogP contribution < -0.4 is 5.32 Å². The van der Waals surface area contributed by atoms with Crippen molar-refractivity contribution in [3.05, 3.63) is 22.4 Å². The fraction of sp³-hybridized carbons (Fsp3) is 0.583. The maximum Gasteiger partial charge on any atom is 0.222 e. The summed E-state index contributed by atoms with van der Waals surface area (Å²) in [5.41, 5.74) is 1.35. The predicted octanol–water partition coefficient (Wildman–Crippen LogP) is 1.85. The van der Waals surface area contributed by atoms with E-state index in [2.05, 4.69) is 22.1 Å². The third-order valence-corrected chi connectivity index (χ3v) is 3.59. The largest absolute Gasteiger partial charge is 0.343 e. The molecule has 1 aromatic rings. The van der Waals surface area contributed by atoms with E-state index in [-0.39, 0.29) is 0 Å². The third kappa shape index (κ3) is 3.32. The van der Waals surface area contributed by atoms with Gasteiger partial charge < -0.3 is 10.2 Å². The first kappa shape index (κ1) is 11.6. The molecule has 1 aliphatic heterocycles. The number of rotatable bonds is 6. The van der Waals surface area contributed by atoms with Crippen LogP contribution in [0.1, 0.15) is 24.8 Å². The van der Waals surface area contributed by atoms with E-state index in [0.717, 1.165) is 45.4 Å². The van der Waals surface area contributed by atoms with Crippen molar-refractivity contribution < 1.29 is 4.79 Å². The molecule has 3 nitrogen and oxygen atoms in total. The molecular weight excluding hydrogens is 220 g/mol. The number of hydrogen-bond donors (Lipinski definition) is 1. The Morgan fingerprint density at radius 1 is 1.50 bits per heavy atom. The summed E-state index contributed by atoms with van der Waals surface area (Å²) in [6, 6.07) is 2.14. The quantitative estimate of drug-likeness (QED) is 0.767. The highest BCUT2D eigenvalue weighted by Crippen LogP contribution is 2.09. The smallest absolute Gasteiger partial charge is 0.222 e.